The molecular formula is C22H27N4NaO4S2. The Labute approximate surface area is 223 Å². The first-order valence-electron chi connectivity index (χ1n) is 11.1. The van der Waals surface area contributed by atoms with Crippen molar-refractivity contribution < 1.29 is 49.0 Å². The number of thioether (sulfide) groups is 1. The van der Waals surface area contributed by atoms with Crippen LogP contribution in [0.4, 0.5) is 5.13 Å². The van der Waals surface area contributed by atoms with Crippen LogP contribution in [-0.2, 0) is 14.4 Å². The van der Waals surface area contributed by atoms with Crippen LogP contribution >= 0.6 is 23.1 Å². The number of rotatable bonds is 6. The van der Waals surface area contributed by atoms with E-state index >= 15 is 0 Å². The number of nitrogen functional groups attached to an aromatic ring is 1. The summed E-state index contributed by atoms with van der Waals surface area (Å²) in [6.45, 7) is 3.57. The number of aliphatic carboxylic acids is 1. The van der Waals surface area contributed by atoms with Crippen molar-refractivity contribution in [1.82, 2.24) is 15.2 Å². The van der Waals surface area contributed by atoms with Gasteiger partial charge in [0.25, 0.3) is 0 Å². The van der Waals surface area contributed by atoms with Crippen molar-refractivity contribution in [2.24, 2.45) is 17.8 Å². The number of amides is 2. The number of thiazole rings is 1. The van der Waals surface area contributed by atoms with Crippen LogP contribution in [-0.4, -0.2) is 49.9 Å². The minimum absolute atomic E-state index is 0. The Morgan fingerprint density at radius 3 is 2.67 bits per heavy atom. The molecule has 1 aromatic rings. The van der Waals surface area contributed by atoms with Gasteiger partial charge < -0.3 is 25.9 Å². The van der Waals surface area contributed by atoms with Gasteiger partial charge in [-0.15, -0.1) is 23.1 Å². The summed E-state index contributed by atoms with van der Waals surface area (Å²) >= 11 is 2.70. The largest absolute Gasteiger partial charge is 1.00 e. The van der Waals surface area contributed by atoms with Crippen molar-refractivity contribution in [3.05, 3.63) is 23.2 Å². The maximum absolute atomic E-state index is 13.4. The predicted octanol–water partition coefficient (Wildman–Crippen LogP) is -1.90. The van der Waals surface area contributed by atoms with Crippen LogP contribution in [0, 0.1) is 17.8 Å². The SMILES string of the molecule is CC1(C)S[C@@H]2[C@H](NC(=O)C(CC3CC4C=CC3CC4)c3csc(N)n3)C(=O)N2[C@H]1C(=O)[O-].[Na+]. The molecular weight excluding hydrogens is 471 g/mol. The molecule has 2 amide bonds. The van der Waals surface area contributed by atoms with E-state index in [-0.39, 0.29) is 41.4 Å². The number of carboxylic acids is 1. The van der Waals surface area contributed by atoms with E-state index < -0.39 is 34.1 Å². The molecule has 0 radical (unpaired) electrons. The zero-order chi connectivity index (χ0) is 22.8. The number of anilines is 1. The molecule has 1 saturated carbocycles. The third-order valence-corrected chi connectivity index (χ3v) is 9.69. The van der Waals surface area contributed by atoms with Crippen LogP contribution in [0.15, 0.2) is 17.5 Å². The molecule has 0 spiro atoms. The summed E-state index contributed by atoms with van der Waals surface area (Å²) in [4.78, 5) is 43.6. The number of fused-ring (bicyclic) bond motifs is 3. The molecule has 2 aliphatic heterocycles. The molecule has 5 aliphatic rings. The van der Waals surface area contributed by atoms with Crippen molar-refractivity contribution in [3.8, 4) is 0 Å². The summed E-state index contributed by atoms with van der Waals surface area (Å²) in [6, 6.07) is -1.74. The van der Waals surface area contributed by atoms with E-state index in [4.69, 9.17) is 5.73 Å². The fraction of sp³-hybridized carbons (Fsp3) is 0.636. The Bertz CT molecular complexity index is 999. The molecule has 4 unspecified atom stereocenters. The topological polar surface area (TPSA) is 128 Å². The van der Waals surface area contributed by atoms with Crippen LogP contribution in [0.1, 0.15) is 51.1 Å². The molecule has 0 aromatic carbocycles. The van der Waals surface area contributed by atoms with Gasteiger partial charge in [0.05, 0.1) is 23.6 Å². The number of β-lactam (4-membered cyclic amide) rings is 1. The summed E-state index contributed by atoms with van der Waals surface area (Å²) in [5.74, 6) is -0.912. The van der Waals surface area contributed by atoms with Gasteiger partial charge in [-0.05, 0) is 57.3 Å². The average Bonchev–Trinajstić information content (AvgIpc) is 3.29. The number of carbonyl (C=O) groups is 3. The Hall–Kier alpha value is -1.07. The summed E-state index contributed by atoms with van der Waals surface area (Å²) in [7, 11) is 0. The van der Waals surface area contributed by atoms with Crippen molar-refractivity contribution in [2.45, 2.75) is 67.7 Å². The number of carbonyl (C=O) groups excluding carboxylic acids is 3. The first-order valence-corrected chi connectivity index (χ1v) is 12.8. The third-order valence-electron chi connectivity index (χ3n) is 7.43. The molecule has 3 aliphatic carbocycles. The van der Waals surface area contributed by atoms with E-state index in [2.05, 4.69) is 22.5 Å². The molecule has 8 nitrogen and oxygen atoms in total. The predicted molar refractivity (Wildman–Crippen MR) is 120 cm³/mol. The number of nitrogens with two attached hydrogens (primary N) is 1. The quantitative estimate of drug-likeness (QED) is 0.266. The minimum atomic E-state index is -1.26. The first-order chi connectivity index (χ1) is 15.2. The van der Waals surface area contributed by atoms with Gasteiger partial charge in [-0.25, -0.2) is 4.98 Å². The van der Waals surface area contributed by atoms with Crippen molar-refractivity contribution in [3.63, 3.8) is 0 Å². The zero-order valence-corrected chi connectivity index (χ0v) is 22.7. The number of allylic oxidation sites excluding steroid dienone is 2. The van der Waals surface area contributed by atoms with Crippen molar-refractivity contribution in [1.29, 1.82) is 0 Å². The molecule has 3 N–H and O–H groups in total. The second-order valence-corrected chi connectivity index (χ2v) is 12.5. The molecule has 172 valence electrons. The molecule has 3 heterocycles. The summed E-state index contributed by atoms with van der Waals surface area (Å²) in [5, 5.41) is 16.4. The average molecular weight is 499 g/mol. The molecule has 2 bridgehead atoms. The number of aromatic nitrogens is 1. The van der Waals surface area contributed by atoms with E-state index in [1.54, 1.807) is 13.8 Å². The van der Waals surface area contributed by atoms with Gasteiger partial charge in [-0.3, -0.25) is 9.59 Å². The second-order valence-electron chi connectivity index (χ2n) is 9.85. The second kappa shape index (κ2) is 9.18. The van der Waals surface area contributed by atoms with Crippen molar-refractivity contribution in [2.75, 3.05) is 5.73 Å². The van der Waals surface area contributed by atoms with Crippen molar-refractivity contribution >= 4 is 46.0 Å². The van der Waals surface area contributed by atoms with Gasteiger partial charge in [0.15, 0.2) is 5.13 Å². The maximum Gasteiger partial charge on any atom is 1.00 e. The number of nitrogens with one attached hydrogen (secondary N) is 1. The van der Waals surface area contributed by atoms with E-state index in [9.17, 15) is 19.5 Å². The monoisotopic (exact) mass is 498 g/mol. The Morgan fingerprint density at radius 2 is 2.12 bits per heavy atom. The van der Waals surface area contributed by atoms with E-state index in [1.807, 2.05) is 5.38 Å². The van der Waals surface area contributed by atoms with Gasteiger partial charge in [-0.1, -0.05) is 12.2 Å². The molecule has 3 fully saturated rings. The fourth-order valence-electron chi connectivity index (χ4n) is 5.83. The maximum atomic E-state index is 13.4. The standard InChI is InChI=1S/C22H28N4O4S2.Na/c1-22(2)16(20(29)30)26-18(28)15(19(26)32-22)25-17(27)13(14-9-31-21(23)24-14)8-12-7-10-3-5-11(12)6-4-10;/h3,5,9-13,15-16,19H,4,6-8H2,1-2H3,(H2,23,24)(H,25,27)(H,29,30);/q;+1/p-1/t10?,11?,12?,13?,15-,16+,19-;/m1./s1. The fourth-order valence-corrected chi connectivity index (χ4v) is 8.07. The number of carboxylic acid groups (broad SMARTS) is 1. The van der Waals surface area contributed by atoms with Gasteiger partial charge in [0, 0.05) is 10.1 Å². The van der Waals surface area contributed by atoms with Crippen LogP contribution in [0.3, 0.4) is 0 Å². The summed E-state index contributed by atoms with van der Waals surface area (Å²) in [5.41, 5.74) is 6.50. The smallest absolute Gasteiger partial charge is 0.548 e. The van der Waals surface area contributed by atoms with Crippen LogP contribution in [0.5, 0.6) is 0 Å². The van der Waals surface area contributed by atoms with Gasteiger partial charge in [0.1, 0.15) is 11.4 Å². The first kappa shape index (κ1) is 25.0. The Kier molecular flexibility index (Phi) is 6.97. The van der Waals surface area contributed by atoms with E-state index in [0.717, 1.165) is 12.8 Å². The Balaban J connectivity index is 0.00000259. The van der Waals surface area contributed by atoms with Gasteiger partial charge in [0.2, 0.25) is 11.8 Å². The number of nitrogens with zero attached hydrogens (tertiary/aromatic N) is 2. The van der Waals surface area contributed by atoms with Crippen LogP contribution < -0.4 is 45.7 Å². The van der Waals surface area contributed by atoms with Gasteiger partial charge >= 0.3 is 29.6 Å². The summed E-state index contributed by atoms with van der Waals surface area (Å²) < 4.78 is -0.685. The van der Waals surface area contributed by atoms with Crippen LogP contribution in [0.25, 0.3) is 0 Å². The molecule has 11 heteroatoms. The molecule has 1 aromatic heterocycles. The zero-order valence-electron chi connectivity index (χ0n) is 19.0. The van der Waals surface area contributed by atoms with Gasteiger partial charge in [-0.2, -0.15) is 0 Å². The Morgan fingerprint density at radius 1 is 1.36 bits per heavy atom. The third kappa shape index (κ3) is 4.37. The molecule has 6 rings (SSSR count). The summed E-state index contributed by atoms with van der Waals surface area (Å²) in [6.07, 6.45) is 8.68. The van der Waals surface area contributed by atoms with Crippen LogP contribution in [0.2, 0.25) is 0 Å². The molecule has 2 saturated heterocycles. The number of hydrogen-bond acceptors (Lipinski definition) is 8. The minimum Gasteiger partial charge on any atom is -0.548 e. The van der Waals surface area contributed by atoms with E-state index in [0.29, 0.717) is 35.0 Å². The normalized spacial score (nSPS) is 34.2. The molecule has 7 atom stereocenters. The number of hydrogen-bond donors (Lipinski definition) is 2. The van der Waals surface area contributed by atoms with E-state index in [1.165, 1.54) is 34.4 Å². The molecule has 33 heavy (non-hydrogen) atoms.